The van der Waals surface area contributed by atoms with Crippen LogP contribution in [0.15, 0.2) is 0 Å². The maximum Gasteiger partial charge on any atom is 0.324 e. The molecule has 0 aromatic carbocycles. The van der Waals surface area contributed by atoms with Crippen LogP contribution in [0.25, 0.3) is 0 Å². The van der Waals surface area contributed by atoms with Crippen LogP contribution in [0.4, 0.5) is 0 Å². The largest absolute Gasteiger partial charge is 0.465 e. The molecule has 0 aromatic rings. The molecule has 1 rings (SSSR count). The lowest BCUT2D eigenvalue weighted by Crippen LogP contribution is -2.48. The molecule has 0 saturated heterocycles. The van der Waals surface area contributed by atoms with Gasteiger partial charge >= 0.3 is 5.97 Å². The van der Waals surface area contributed by atoms with Crippen LogP contribution in [0.5, 0.6) is 0 Å². The summed E-state index contributed by atoms with van der Waals surface area (Å²) in [6, 6.07) is 0.502. The molecule has 1 fully saturated rings. The van der Waals surface area contributed by atoms with Crippen molar-refractivity contribution in [2.75, 3.05) is 26.2 Å². The highest BCUT2D eigenvalue weighted by Gasteiger charge is 2.32. The van der Waals surface area contributed by atoms with E-state index in [0.29, 0.717) is 18.6 Å². The number of rotatable bonds is 10. The molecule has 19 heavy (non-hydrogen) atoms. The van der Waals surface area contributed by atoms with Crippen LogP contribution in [0.3, 0.4) is 0 Å². The predicted molar refractivity (Wildman–Crippen MR) is 78.1 cm³/mol. The van der Waals surface area contributed by atoms with Crippen LogP contribution in [0, 0.1) is 5.92 Å². The maximum atomic E-state index is 12.0. The molecule has 112 valence electrons. The molecule has 0 spiro atoms. The van der Waals surface area contributed by atoms with E-state index in [1.807, 2.05) is 6.92 Å². The van der Waals surface area contributed by atoms with E-state index in [9.17, 15) is 4.79 Å². The second kappa shape index (κ2) is 8.54. The first-order valence-corrected chi connectivity index (χ1v) is 7.72. The average molecular weight is 270 g/mol. The monoisotopic (exact) mass is 270 g/mol. The van der Waals surface area contributed by atoms with Gasteiger partial charge in [0.25, 0.3) is 0 Å². The smallest absolute Gasteiger partial charge is 0.324 e. The molecule has 1 aliphatic carbocycles. The highest BCUT2D eigenvalue weighted by Crippen LogP contribution is 2.27. The van der Waals surface area contributed by atoms with Gasteiger partial charge in [-0.2, -0.15) is 0 Å². The van der Waals surface area contributed by atoms with Crippen LogP contribution in [-0.2, 0) is 9.53 Å². The Morgan fingerprint density at radius 1 is 1.32 bits per heavy atom. The van der Waals surface area contributed by atoms with Crippen molar-refractivity contribution in [2.24, 2.45) is 5.92 Å². The molecule has 1 aliphatic rings. The predicted octanol–water partition coefficient (Wildman–Crippen LogP) is 2.04. The standard InChI is InChI=1S/C15H30N2O2/c1-5-9-16-14(15(18)19-6-2)11-17(10-12(3)4)13-7-8-13/h12-14,16H,5-11H2,1-4H3. The molecule has 1 atom stereocenters. The van der Waals surface area contributed by atoms with E-state index in [0.717, 1.165) is 26.1 Å². The van der Waals surface area contributed by atoms with Crippen molar-refractivity contribution in [3.05, 3.63) is 0 Å². The molecule has 4 nitrogen and oxygen atoms in total. The second-order valence-electron chi connectivity index (χ2n) is 5.84. The van der Waals surface area contributed by atoms with Crippen molar-refractivity contribution >= 4 is 5.97 Å². The lowest BCUT2D eigenvalue weighted by atomic mass is 10.1. The van der Waals surface area contributed by atoms with Crippen LogP contribution >= 0.6 is 0 Å². The minimum atomic E-state index is -0.181. The zero-order valence-electron chi connectivity index (χ0n) is 12.9. The molecule has 1 unspecified atom stereocenters. The number of hydrogen-bond donors (Lipinski definition) is 1. The summed E-state index contributed by atoms with van der Waals surface area (Å²) in [5.74, 6) is 0.528. The quantitative estimate of drug-likeness (QED) is 0.617. The Hall–Kier alpha value is -0.610. The molecule has 0 aromatic heterocycles. The van der Waals surface area contributed by atoms with Crippen LogP contribution in [-0.4, -0.2) is 49.2 Å². The zero-order chi connectivity index (χ0) is 14.3. The number of ether oxygens (including phenoxy) is 1. The van der Waals surface area contributed by atoms with Crippen molar-refractivity contribution in [1.29, 1.82) is 0 Å². The number of hydrogen-bond acceptors (Lipinski definition) is 4. The van der Waals surface area contributed by atoms with Crippen LogP contribution in [0.1, 0.15) is 47.0 Å². The van der Waals surface area contributed by atoms with Gasteiger partial charge in [0.1, 0.15) is 6.04 Å². The molecular formula is C15H30N2O2. The molecule has 1 saturated carbocycles. The summed E-state index contributed by atoms with van der Waals surface area (Å²) in [7, 11) is 0. The first-order valence-electron chi connectivity index (χ1n) is 7.72. The fraction of sp³-hybridized carbons (Fsp3) is 0.933. The number of esters is 1. The molecule has 1 N–H and O–H groups in total. The Morgan fingerprint density at radius 2 is 2.00 bits per heavy atom. The van der Waals surface area contributed by atoms with E-state index >= 15 is 0 Å². The van der Waals surface area contributed by atoms with Gasteiger partial charge in [-0.1, -0.05) is 20.8 Å². The van der Waals surface area contributed by atoms with Crippen molar-refractivity contribution in [1.82, 2.24) is 10.2 Å². The van der Waals surface area contributed by atoms with Crippen molar-refractivity contribution in [2.45, 2.75) is 59.0 Å². The van der Waals surface area contributed by atoms with E-state index in [4.69, 9.17) is 4.74 Å². The summed E-state index contributed by atoms with van der Waals surface area (Å²) in [4.78, 5) is 14.5. The zero-order valence-corrected chi connectivity index (χ0v) is 12.9. The highest BCUT2D eigenvalue weighted by atomic mass is 16.5. The topological polar surface area (TPSA) is 41.6 Å². The SMILES string of the molecule is CCCNC(CN(CC(C)C)C1CC1)C(=O)OCC. The minimum absolute atomic E-state index is 0.106. The number of carbonyl (C=O) groups excluding carboxylic acids is 1. The van der Waals surface area contributed by atoms with E-state index in [2.05, 4.69) is 31.0 Å². The summed E-state index contributed by atoms with van der Waals surface area (Å²) >= 11 is 0. The molecule has 4 heteroatoms. The maximum absolute atomic E-state index is 12.0. The lowest BCUT2D eigenvalue weighted by Gasteiger charge is -2.28. The third-order valence-corrected chi connectivity index (χ3v) is 3.29. The normalized spacial score (nSPS) is 16.9. The van der Waals surface area contributed by atoms with Crippen molar-refractivity contribution in [3.8, 4) is 0 Å². The van der Waals surface area contributed by atoms with Gasteiger partial charge in [-0.05, 0) is 38.6 Å². The van der Waals surface area contributed by atoms with E-state index < -0.39 is 0 Å². The summed E-state index contributed by atoms with van der Waals surface area (Å²) in [6.07, 6.45) is 3.58. The van der Waals surface area contributed by atoms with Crippen LogP contribution < -0.4 is 5.32 Å². The fourth-order valence-electron chi connectivity index (χ4n) is 2.30. The highest BCUT2D eigenvalue weighted by molar-refractivity contribution is 5.76. The Labute approximate surface area is 117 Å². The Balaban J connectivity index is 2.53. The molecule has 0 amide bonds. The van der Waals surface area contributed by atoms with Gasteiger partial charge in [-0.15, -0.1) is 0 Å². The van der Waals surface area contributed by atoms with Gasteiger partial charge in [0, 0.05) is 19.1 Å². The van der Waals surface area contributed by atoms with E-state index in [1.165, 1.54) is 12.8 Å². The summed E-state index contributed by atoms with van der Waals surface area (Å²) in [5, 5.41) is 3.32. The second-order valence-corrected chi connectivity index (χ2v) is 5.84. The summed E-state index contributed by atoms with van der Waals surface area (Å²) in [6.45, 7) is 11.6. The van der Waals surface area contributed by atoms with E-state index in [1.54, 1.807) is 0 Å². The Kier molecular flexibility index (Phi) is 7.39. The van der Waals surface area contributed by atoms with Gasteiger partial charge < -0.3 is 10.1 Å². The molecular weight excluding hydrogens is 240 g/mol. The molecule has 0 radical (unpaired) electrons. The van der Waals surface area contributed by atoms with Gasteiger partial charge in [-0.3, -0.25) is 9.69 Å². The van der Waals surface area contributed by atoms with Gasteiger partial charge in [-0.25, -0.2) is 0 Å². The van der Waals surface area contributed by atoms with Gasteiger partial charge in [0.15, 0.2) is 0 Å². The fourth-order valence-corrected chi connectivity index (χ4v) is 2.30. The number of nitrogens with zero attached hydrogens (tertiary/aromatic N) is 1. The molecule has 0 aliphatic heterocycles. The Bertz CT molecular complexity index is 265. The van der Waals surface area contributed by atoms with Gasteiger partial charge in [0.05, 0.1) is 6.61 Å². The first-order chi connectivity index (χ1) is 9.08. The third-order valence-electron chi connectivity index (χ3n) is 3.29. The Morgan fingerprint density at radius 3 is 2.47 bits per heavy atom. The number of nitrogens with one attached hydrogen (secondary N) is 1. The third kappa shape index (κ3) is 6.39. The average Bonchev–Trinajstić information content (AvgIpc) is 3.16. The van der Waals surface area contributed by atoms with Crippen LogP contribution in [0.2, 0.25) is 0 Å². The van der Waals surface area contributed by atoms with Crippen molar-refractivity contribution < 1.29 is 9.53 Å². The van der Waals surface area contributed by atoms with Gasteiger partial charge in [0.2, 0.25) is 0 Å². The summed E-state index contributed by atoms with van der Waals surface area (Å²) in [5.41, 5.74) is 0. The lowest BCUT2D eigenvalue weighted by molar-refractivity contribution is -0.146. The van der Waals surface area contributed by atoms with E-state index in [-0.39, 0.29) is 12.0 Å². The summed E-state index contributed by atoms with van der Waals surface area (Å²) < 4.78 is 5.18. The number of carbonyl (C=O) groups is 1. The minimum Gasteiger partial charge on any atom is -0.465 e. The van der Waals surface area contributed by atoms with Crippen molar-refractivity contribution in [3.63, 3.8) is 0 Å². The first kappa shape index (κ1) is 16.4. The molecule has 0 bridgehead atoms. The molecule has 0 heterocycles.